The average Bonchev–Trinajstić information content (AvgIpc) is 2.78. The Morgan fingerprint density at radius 1 is 0.882 bits per heavy atom. The summed E-state index contributed by atoms with van der Waals surface area (Å²) < 4.78 is 47.0. The fourth-order valence-corrected chi connectivity index (χ4v) is 3.91. The van der Waals surface area contributed by atoms with Crippen LogP contribution in [0, 0.1) is 0 Å². The van der Waals surface area contributed by atoms with Gasteiger partial charge in [0.2, 0.25) is 0 Å². The molecule has 0 saturated heterocycles. The maximum Gasteiger partial charge on any atom is 0.327 e. The summed E-state index contributed by atoms with van der Waals surface area (Å²) in [5.41, 5.74) is 0. The van der Waals surface area contributed by atoms with E-state index in [2.05, 4.69) is 13.5 Å². The number of hydrogen-bond acceptors (Lipinski definition) is 8. The van der Waals surface area contributed by atoms with Gasteiger partial charge in [-0.05, 0) is 6.42 Å². The summed E-state index contributed by atoms with van der Waals surface area (Å²) in [6.45, 7) is 5.25. The predicted molar refractivity (Wildman–Crippen MR) is 130 cm³/mol. The van der Waals surface area contributed by atoms with E-state index in [-0.39, 0.29) is 19.8 Å². The van der Waals surface area contributed by atoms with Gasteiger partial charge in [-0.3, -0.25) is 14.1 Å². The van der Waals surface area contributed by atoms with E-state index in [1.54, 1.807) is 0 Å². The molecule has 0 amide bonds. The van der Waals surface area contributed by atoms with Gasteiger partial charge in [-0.15, -0.1) is 6.58 Å². The van der Waals surface area contributed by atoms with E-state index in [0.717, 1.165) is 19.3 Å². The first-order valence-corrected chi connectivity index (χ1v) is 13.9. The van der Waals surface area contributed by atoms with E-state index in [9.17, 15) is 27.7 Å². The molecule has 0 aliphatic carbocycles. The second kappa shape index (κ2) is 20.8. The van der Waals surface area contributed by atoms with Crippen LogP contribution in [0.5, 0.6) is 0 Å². The maximum atomic E-state index is 12.0. The first-order valence-electron chi connectivity index (χ1n) is 12.4. The van der Waals surface area contributed by atoms with Gasteiger partial charge in [0.15, 0.2) is 5.25 Å². The zero-order valence-electron chi connectivity index (χ0n) is 20.6. The largest absolute Gasteiger partial charge is 0.466 e. The first kappa shape index (κ1) is 32.5. The van der Waals surface area contributed by atoms with Crippen LogP contribution in [0.15, 0.2) is 12.7 Å². The molecule has 0 aliphatic heterocycles. The third-order valence-corrected chi connectivity index (χ3v) is 6.28. The van der Waals surface area contributed by atoms with Crippen molar-refractivity contribution in [2.75, 3.05) is 26.4 Å². The Balaban J connectivity index is 4.01. The Bertz CT molecular complexity index is 649. The SMILES string of the molecule is C=CCOCC(O)COC(=O)C(CC(=O)OCCCCCCCCCCCCCC)S(=O)(=O)O. The van der Waals surface area contributed by atoms with Gasteiger partial charge in [-0.1, -0.05) is 83.6 Å². The van der Waals surface area contributed by atoms with Crippen molar-refractivity contribution in [2.24, 2.45) is 0 Å². The summed E-state index contributed by atoms with van der Waals surface area (Å²) in [5, 5.41) is 7.53. The second-order valence-electron chi connectivity index (χ2n) is 8.43. The molecule has 0 radical (unpaired) electrons. The van der Waals surface area contributed by atoms with Crippen molar-refractivity contribution in [3.05, 3.63) is 12.7 Å². The lowest BCUT2D eigenvalue weighted by Crippen LogP contribution is -2.36. The molecule has 2 atom stereocenters. The summed E-state index contributed by atoms with van der Waals surface area (Å²) in [5.74, 6) is -2.26. The van der Waals surface area contributed by atoms with Crippen molar-refractivity contribution >= 4 is 22.1 Å². The Morgan fingerprint density at radius 2 is 1.41 bits per heavy atom. The highest BCUT2D eigenvalue weighted by molar-refractivity contribution is 7.87. The van der Waals surface area contributed by atoms with Gasteiger partial charge < -0.3 is 19.3 Å². The van der Waals surface area contributed by atoms with Crippen LogP contribution in [0.25, 0.3) is 0 Å². The van der Waals surface area contributed by atoms with E-state index in [0.29, 0.717) is 6.42 Å². The third-order valence-electron chi connectivity index (χ3n) is 5.20. The zero-order chi connectivity index (χ0) is 25.7. The number of aliphatic hydroxyl groups excluding tert-OH is 1. The van der Waals surface area contributed by atoms with E-state index < -0.39 is 46.4 Å². The van der Waals surface area contributed by atoms with Crippen LogP contribution in [0.3, 0.4) is 0 Å². The van der Waals surface area contributed by atoms with Crippen molar-refractivity contribution in [1.29, 1.82) is 0 Å². The van der Waals surface area contributed by atoms with E-state index >= 15 is 0 Å². The molecule has 0 saturated carbocycles. The Hall–Kier alpha value is -1.49. The van der Waals surface area contributed by atoms with Gasteiger partial charge >= 0.3 is 11.9 Å². The Morgan fingerprint density at radius 3 is 1.91 bits per heavy atom. The molecule has 2 N–H and O–H groups in total. The molecule has 0 rings (SSSR count). The average molecular weight is 509 g/mol. The molecular formula is C24H44O9S. The molecule has 200 valence electrons. The molecule has 0 heterocycles. The van der Waals surface area contributed by atoms with E-state index in [1.807, 2.05) is 0 Å². The molecule has 10 heteroatoms. The minimum atomic E-state index is -4.89. The van der Waals surface area contributed by atoms with Crippen molar-refractivity contribution < 1.29 is 41.9 Å². The molecule has 0 aliphatic rings. The third kappa shape index (κ3) is 18.9. The number of unbranched alkanes of at least 4 members (excludes halogenated alkanes) is 11. The van der Waals surface area contributed by atoms with Crippen LogP contribution in [0.2, 0.25) is 0 Å². The van der Waals surface area contributed by atoms with Gasteiger partial charge in [0.1, 0.15) is 12.7 Å². The molecule has 2 unspecified atom stereocenters. The minimum absolute atomic E-state index is 0.114. The molecule has 9 nitrogen and oxygen atoms in total. The molecule has 34 heavy (non-hydrogen) atoms. The number of carbonyl (C=O) groups is 2. The number of esters is 2. The van der Waals surface area contributed by atoms with Gasteiger partial charge in [0, 0.05) is 0 Å². The number of ether oxygens (including phenoxy) is 3. The molecule has 0 aromatic rings. The zero-order valence-corrected chi connectivity index (χ0v) is 21.4. The van der Waals surface area contributed by atoms with Crippen LogP contribution in [0.4, 0.5) is 0 Å². The summed E-state index contributed by atoms with van der Waals surface area (Å²) in [6, 6.07) is 0. The van der Waals surface area contributed by atoms with Crippen LogP contribution >= 0.6 is 0 Å². The van der Waals surface area contributed by atoms with Crippen molar-refractivity contribution in [3.63, 3.8) is 0 Å². The number of hydrogen-bond donors (Lipinski definition) is 2. The number of rotatable bonds is 23. The highest BCUT2D eigenvalue weighted by Gasteiger charge is 2.36. The van der Waals surface area contributed by atoms with E-state index in [4.69, 9.17) is 14.2 Å². The molecule has 0 aromatic carbocycles. The van der Waals surface area contributed by atoms with Crippen LogP contribution < -0.4 is 0 Å². The quantitative estimate of drug-likeness (QED) is 0.0908. The normalized spacial score (nSPS) is 13.3. The van der Waals surface area contributed by atoms with Gasteiger partial charge in [0.05, 0.1) is 26.2 Å². The topological polar surface area (TPSA) is 136 Å². The number of carbonyl (C=O) groups excluding carboxylic acids is 2. The Labute approximate surface area is 205 Å². The molecule has 0 aromatic heterocycles. The highest BCUT2D eigenvalue weighted by atomic mass is 32.2. The van der Waals surface area contributed by atoms with Gasteiger partial charge in [-0.2, -0.15) is 8.42 Å². The Kier molecular flexibility index (Phi) is 19.9. The lowest BCUT2D eigenvalue weighted by molar-refractivity contribution is -0.152. The fourth-order valence-electron chi connectivity index (χ4n) is 3.26. The first-order chi connectivity index (χ1) is 16.2. The van der Waals surface area contributed by atoms with Crippen molar-refractivity contribution in [3.8, 4) is 0 Å². The number of aliphatic hydroxyl groups is 1. The van der Waals surface area contributed by atoms with Gasteiger partial charge in [-0.25, -0.2) is 0 Å². The molecular weight excluding hydrogens is 464 g/mol. The maximum absolute atomic E-state index is 12.0. The van der Waals surface area contributed by atoms with Crippen molar-refractivity contribution in [2.45, 2.75) is 102 Å². The van der Waals surface area contributed by atoms with Crippen LogP contribution in [-0.2, 0) is 33.9 Å². The lowest BCUT2D eigenvalue weighted by Gasteiger charge is -2.15. The van der Waals surface area contributed by atoms with E-state index in [1.165, 1.54) is 57.4 Å². The monoisotopic (exact) mass is 508 g/mol. The summed E-state index contributed by atoms with van der Waals surface area (Å²) in [6.07, 6.45) is 13.4. The summed E-state index contributed by atoms with van der Waals surface area (Å²) in [4.78, 5) is 23.9. The predicted octanol–water partition coefficient (Wildman–Crippen LogP) is 3.98. The summed E-state index contributed by atoms with van der Waals surface area (Å²) >= 11 is 0. The standard InChI is InChI=1S/C24H44O9S/c1-3-5-6-7-8-9-10-11-12-13-14-15-17-32-23(26)18-22(34(28,29)30)24(27)33-20-21(25)19-31-16-4-2/h4,21-22,25H,2-3,5-20H2,1H3,(H,28,29,30). The lowest BCUT2D eigenvalue weighted by atomic mass is 10.1. The van der Waals surface area contributed by atoms with Gasteiger partial charge in [0.25, 0.3) is 10.1 Å². The van der Waals surface area contributed by atoms with Crippen LogP contribution in [-0.4, -0.2) is 67.8 Å². The van der Waals surface area contributed by atoms with Crippen LogP contribution in [0.1, 0.15) is 90.4 Å². The smallest absolute Gasteiger partial charge is 0.327 e. The highest BCUT2D eigenvalue weighted by Crippen LogP contribution is 2.13. The molecule has 0 spiro atoms. The minimum Gasteiger partial charge on any atom is -0.466 e. The van der Waals surface area contributed by atoms with Crippen molar-refractivity contribution in [1.82, 2.24) is 0 Å². The second-order valence-corrected chi connectivity index (χ2v) is 10.0. The fraction of sp³-hybridized carbons (Fsp3) is 0.833. The summed E-state index contributed by atoms with van der Waals surface area (Å²) in [7, 11) is -4.89. The molecule has 0 fully saturated rings. The molecule has 0 bridgehead atoms.